The fourth-order valence-corrected chi connectivity index (χ4v) is 3.12. The monoisotopic (exact) mass is 326 g/mol. The SMILES string of the molecule is CCNCc1cc(Br)ccc1N(C)C1CCOC1C. The molecule has 2 unspecified atom stereocenters. The summed E-state index contributed by atoms with van der Waals surface area (Å²) in [5.41, 5.74) is 2.63. The molecule has 0 bridgehead atoms. The van der Waals surface area contributed by atoms with E-state index >= 15 is 0 Å². The molecule has 2 atom stereocenters. The number of ether oxygens (including phenoxy) is 1. The third-order valence-electron chi connectivity index (χ3n) is 3.82. The average molecular weight is 327 g/mol. The lowest BCUT2D eigenvalue weighted by Crippen LogP contribution is -2.37. The molecule has 0 saturated carbocycles. The predicted molar refractivity (Wildman–Crippen MR) is 83.7 cm³/mol. The molecule has 0 amide bonds. The van der Waals surface area contributed by atoms with Crippen LogP contribution in [-0.4, -0.2) is 32.3 Å². The number of hydrogen-bond acceptors (Lipinski definition) is 3. The largest absolute Gasteiger partial charge is 0.376 e. The second kappa shape index (κ2) is 6.73. The molecule has 1 fully saturated rings. The van der Waals surface area contributed by atoms with Crippen LogP contribution in [0.1, 0.15) is 25.8 Å². The van der Waals surface area contributed by atoms with Crippen molar-refractivity contribution < 1.29 is 4.74 Å². The fourth-order valence-electron chi connectivity index (χ4n) is 2.71. The van der Waals surface area contributed by atoms with Crippen LogP contribution in [0.4, 0.5) is 5.69 Å². The van der Waals surface area contributed by atoms with Gasteiger partial charge < -0.3 is 15.0 Å². The van der Waals surface area contributed by atoms with E-state index in [0.29, 0.717) is 12.1 Å². The maximum absolute atomic E-state index is 5.69. The summed E-state index contributed by atoms with van der Waals surface area (Å²) in [7, 11) is 2.18. The van der Waals surface area contributed by atoms with Crippen molar-refractivity contribution in [3.8, 4) is 0 Å². The number of halogens is 1. The molecule has 1 aromatic carbocycles. The van der Waals surface area contributed by atoms with Crippen LogP contribution in [0.2, 0.25) is 0 Å². The smallest absolute Gasteiger partial charge is 0.0750 e. The van der Waals surface area contributed by atoms with Gasteiger partial charge in [0.2, 0.25) is 0 Å². The fraction of sp³-hybridized carbons (Fsp3) is 0.600. The highest BCUT2D eigenvalue weighted by Gasteiger charge is 2.28. The van der Waals surface area contributed by atoms with Gasteiger partial charge in [-0.25, -0.2) is 0 Å². The summed E-state index contributed by atoms with van der Waals surface area (Å²) in [5.74, 6) is 0. The zero-order valence-electron chi connectivity index (χ0n) is 11.9. The minimum Gasteiger partial charge on any atom is -0.376 e. The molecule has 1 aliphatic rings. The van der Waals surface area contributed by atoms with E-state index in [9.17, 15) is 0 Å². The van der Waals surface area contributed by atoms with Crippen molar-refractivity contribution in [2.75, 3.05) is 25.1 Å². The molecule has 1 aromatic rings. The third-order valence-corrected chi connectivity index (χ3v) is 4.31. The van der Waals surface area contributed by atoms with Crippen LogP contribution in [0.25, 0.3) is 0 Å². The molecule has 3 nitrogen and oxygen atoms in total. The molecule has 0 spiro atoms. The van der Waals surface area contributed by atoms with Crippen molar-refractivity contribution >= 4 is 21.6 Å². The Bertz CT molecular complexity index is 425. The van der Waals surface area contributed by atoms with Crippen molar-refractivity contribution in [3.05, 3.63) is 28.2 Å². The van der Waals surface area contributed by atoms with E-state index < -0.39 is 0 Å². The van der Waals surface area contributed by atoms with Crippen LogP contribution in [0.3, 0.4) is 0 Å². The van der Waals surface area contributed by atoms with Gasteiger partial charge in [-0.2, -0.15) is 0 Å². The number of anilines is 1. The number of benzene rings is 1. The first-order chi connectivity index (χ1) is 9.13. The maximum Gasteiger partial charge on any atom is 0.0750 e. The van der Waals surface area contributed by atoms with Crippen molar-refractivity contribution in [2.45, 2.75) is 39.0 Å². The van der Waals surface area contributed by atoms with Gasteiger partial charge in [0.1, 0.15) is 0 Å². The highest BCUT2D eigenvalue weighted by molar-refractivity contribution is 9.10. The van der Waals surface area contributed by atoms with Crippen LogP contribution in [0.15, 0.2) is 22.7 Å². The van der Waals surface area contributed by atoms with Gasteiger partial charge in [-0.1, -0.05) is 22.9 Å². The minimum absolute atomic E-state index is 0.306. The first-order valence-electron chi connectivity index (χ1n) is 6.97. The summed E-state index contributed by atoms with van der Waals surface area (Å²) >= 11 is 3.56. The highest BCUT2D eigenvalue weighted by atomic mass is 79.9. The van der Waals surface area contributed by atoms with Crippen molar-refractivity contribution in [1.29, 1.82) is 0 Å². The normalized spacial score (nSPS) is 22.7. The molecule has 2 rings (SSSR count). The van der Waals surface area contributed by atoms with Crippen LogP contribution in [0, 0.1) is 0 Å². The number of likely N-dealkylation sites (N-methyl/N-ethyl adjacent to an activating group) is 1. The second-order valence-corrected chi connectivity index (χ2v) is 6.01. The summed E-state index contributed by atoms with van der Waals surface area (Å²) in [5, 5.41) is 3.41. The molecule has 0 aliphatic carbocycles. The molecule has 4 heteroatoms. The molecule has 1 heterocycles. The Labute approximate surface area is 124 Å². The Morgan fingerprint density at radius 2 is 2.26 bits per heavy atom. The Hall–Kier alpha value is -0.580. The first-order valence-corrected chi connectivity index (χ1v) is 7.76. The van der Waals surface area contributed by atoms with E-state index in [1.165, 1.54) is 11.3 Å². The molecule has 106 valence electrons. The van der Waals surface area contributed by atoms with Gasteiger partial charge in [0.05, 0.1) is 12.1 Å². The van der Waals surface area contributed by atoms with E-state index in [1.807, 2.05) is 0 Å². The quantitative estimate of drug-likeness (QED) is 0.899. The molecule has 1 aliphatic heterocycles. The van der Waals surface area contributed by atoms with Crippen LogP contribution < -0.4 is 10.2 Å². The lowest BCUT2D eigenvalue weighted by molar-refractivity contribution is 0.118. The van der Waals surface area contributed by atoms with Gasteiger partial charge in [-0.3, -0.25) is 0 Å². The van der Waals surface area contributed by atoms with Gasteiger partial charge in [0.25, 0.3) is 0 Å². The Kier molecular flexibility index (Phi) is 5.25. The molecule has 19 heavy (non-hydrogen) atoms. The van der Waals surface area contributed by atoms with Crippen molar-refractivity contribution in [3.63, 3.8) is 0 Å². The Morgan fingerprint density at radius 3 is 2.89 bits per heavy atom. The van der Waals surface area contributed by atoms with Gasteiger partial charge >= 0.3 is 0 Å². The highest BCUT2D eigenvalue weighted by Crippen LogP contribution is 2.29. The summed E-state index contributed by atoms with van der Waals surface area (Å²) in [6, 6.07) is 6.99. The molecular weight excluding hydrogens is 304 g/mol. The van der Waals surface area contributed by atoms with Gasteiger partial charge in [-0.15, -0.1) is 0 Å². The molecule has 1 N–H and O–H groups in total. The Balaban J connectivity index is 2.22. The first kappa shape index (κ1) is 14.8. The zero-order valence-corrected chi connectivity index (χ0v) is 13.5. The number of rotatable bonds is 5. The van der Waals surface area contributed by atoms with Crippen LogP contribution in [-0.2, 0) is 11.3 Å². The number of nitrogens with zero attached hydrogens (tertiary/aromatic N) is 1. The van der Waals surface area contributed by atoms with E-state index in [4.69, 9.17) is 4.74 Å². The van der Waals surface area contributed by atoms with Crippen molar-refractivity contribution in [1.82, 2.24) is 5.32 Å². The number of hydrogen-bond donors (Lipinski definition) is 1. The predicted octanol–water partition coefficient (Wildman–Crippen LogP) is 3.17. The number of nitrogens with one attached hydrogen (secondary N) is 1. The van der Waals surface area contributed by atoms with Gasteiger partial charge in [0.15, 0.2) is 0 Å². The van der Waals surface area contributed by atoms with Crippen LogP contribution >= 0.6 is 15.9 Å². The van der Waals surface area contributed by atoms with Gasteiger partial charge in [-0.05, 0) is 43.7 Å². The van der Waals surface area contributed by atoms with E-state index in [0.717, 1.165) is 30.6 Å². The summed E-state index contributed by atoms with van der Waals surface area (Å²) < 4.78 is 6.82. The minimum atomic E-state index is 0.306. The molecule has 1 saturated heterocycles. The topological polar surface area (TPSA) is 24.5 Å². The molecule has 0 aromatic heterocycles. The average Bonchev–Trinajstić information content (AvgIpc) is 2.82. The molecular formula is C15H23BrN2O. The lowest BCUT2D eigenvalue weighted by atomic mass is 10.1. The second-order valence-electron chi connectivity index (χ2n) is 5.10. The van der Waals surface area contributed by atoms with E-state index in [2.05, 4.69) is 65.2 Å². The molecule has 0 radical (unpaired) electrons. The van der Waals surface area contributed by atoms with Crippen LogP contribution in [0.5, 0.6) is 0 Å². The van der Waals surface area contributed by atoms with E-state index in [1.54, 1.807) is 0 Å². The summed E-state index contributed by atoms with van der Waals surface area (Å²) in [6.07, 6.45) is 1.41. The standard InChI is InChI=1S/C15H23BrN2O/c1-4-17-10-12-9-13(16)5-6-15(12)18(3)14-7-8-19-11(14)2/h5-6,9,11,14,17H,4,7-8,10H2,1-3H3. The lowest BCUT2D eigenvalue weighted by Gasteiger charge is -2.30. The zero-order chi connectivity index (χ0) is 13.8. The Morgan fingerprint density at radius 1 is 1.47 bits per heavy atom. The maximum atomic E-state index is 5.69. The summed E-state index contributed by atoms with van der Waals surface area (Å²) in [4.78, 5) is 2.37. The third kappa shape index (κ3) is 3.50. The summed E-state index contributed by atoms with van der Waals surface area (Å²) in [6.45, 7) is 7.05. The van der Waals surface area contributed by atoms with Crippen molar-refractivity contribution in [2.24, 2.45) is 0 Å². The van der Waals surface area contributed by atoms with Gasteiger partial charge in [0, 0.05) is 30.4 Å². The van der Waals surface area contributed by atoms with E-state index in [-0.39, 0.29) is 0 Å².